The van der Waals surface area contributed by atoms with Crippen molar-refractivity contribution >= 4 is 33.0 Å². The molecule has 2 aromatic carbocycles. The number of carbonyl (C=O) groups excluding carboxylic acids is 1. The molecule has 1 N–H and O–H groups in total. The Balaban J connectivity index is 1.25. The summed E-state index contributed by atoms with van der Waals surface area (Å²) in [7, 11) is -4.23. The van der Waals surface area contributed by atoms with Crippen LogP contribution in [0.5, 0.6) is 5.88 Å². The van der Waals surface area contributed by atoms with Crippen LogP contribution in [0.2, 0.25) is 0 Å². The van der Waals surface area contributed by atoms with Crippen LogP contribution in [-0.2, 0) is 22.0 Å². The summed E-state index contributed by atoms with van der Waals surface area (Å²) in [6.07, 6.45) is 4.53. The zero-order chi connectivity index (χ0) is 35.0. The van der Waals surface area contributed by atoms with Gasteiger partial charge in [0.15, 0.2) is 5.58 Å². The number of nitrogens with zero attached hydrogens (tertiary/aromatic N) is 4. The first-order valence-corrected chi connectivity index (χ1v) is 18.4. The number of aryl methyl sites for hydroxylation is 2. The van der Waals surface area contributed by atoms with Gasteiger partial charge in [0, 0.05) is 34.7 Å². The van der Waals surface area contributed by atoms with Crippen molar-refractivity contribution in [2.24, 2.45) is 5.41 Å². The Labute approximate surface area is 290 Å². The van der Waals surface area contributed by atoms with Gasteiger partial charge in [-0.05, 0) is 80.7 Å². The Bertz CT molecular complexity index is 2280. The Morgan fingerprint density at radius 2 is 1.70 bits per heavy atom. The van der Waals surface area contributed by atoms with Crippen LogP contribution >= 0.6 is 0 Å². The number of fused-ring (bicyclic) bond motifs is 5. The van der Waals surface area contributed by atoms with Gasteiger partial charge in [0.25, 0.3) is 15.9 Å². The molecule has 1 atom stereocenters. The predicted molar refractivity (Wildman–Crippen MR) is 186 cm³/mol. The number of sulfonamides is 1. The quantitative estimate of drug-likeness (QED) is 0.194. The van der Waals surface area contributed by atoms with E-state index in [-0.39, 0.29) is 52.0 Å². The average molecular weight is 696 g/mol. The molecule has 5 aromatic rings. The highest BCUT2D eigenvalue weighted by molar-refractivity contribution is 7.92. The molecule has 12 heteroatoms. The van der Waals surface area contributed by atoms with E-state index in [1.165, 1.54) is 24.3 Å². The minimum atomic E-state index is -4.23. The van der Waals surface area contributed by atoms with Gasteiger partial charge in [-0.15, -0.1) is 0 Å². The number of nitrogens with one attached hydrogen (secondary N) is 1. The van der Waals surface area contributed by atoms with Crippen molar-refractivity contribution in [3.8, 4) is 17.1 Å². The SMILES string of the molecule is Cc1cccc(C)c1-c1cc2nc(n1)NS(=O)(=O)c1cccc(c1)C(=O)N(Cc1nc3cc(C4(C)CC4)oc3cc1F)[C@H](CC1(C)CC1)CO2. The highest BCUT2D eigenvalue weighted by Gasteiger charge is 2.44. The van der Waals surface area contributed by atoms with E-state index in [2.05, 4.69) is 33.5 Å². The molecule has 1 aliphatic heterocycles. The lowest BCUT2D eigenvalue weighted by Gasteiger charge is -2.33. The van der Waals surface area contributed by atoms with Crippen LogP contribution in [0, 0.1) is 25.1 Å². The molecule has 0 unspecified atom stereocenters. The number of anilines is 1. The van der Waals surface area contributed by atoms with Gasteiger partial charge in [0.05, 0.1) is 28.9 Å². The van der Waals surface area contributed by atoms with Crippen molar-refractivity contribution in [3.63, 3.8) is 0 Å². The van der Waals surface area contributed by atoms with Gasteiger partial charge < -0.3 is 14.1 Å². The van der Waals surface area contributed by atoms with Crippen LogP contribution in [0.1, 0.15) is 78.9 Å². The summed E-state index contributed by atoms with van der Waals surface area (Å²) in [6.45, 7) is 8.04. The molecule has 2 saturated carbocycles. The molecule has 258 valence electrons. The first-order valence-electron chi connectivity index (χ1n) is 16.9. The minimum absolute atomic E-state index is 0.0223. The molecule has 10 nitrogen and oxygen atoms in total. The molecule has 1 amide bonds. The van der Waals surface area contributed by atoms with Crippen LogP contribution in [0.25, 0.3) is 22.4 Å². The summed E-state index contributed by atoms with van der Waals surface area (Å²) < 4.78 is 58.1. The van der Waals surface area contributed by atoms with Crippen LogP contribution < -0.4 is 9.46 Å². The lowest BCUT2D eigenvalue weighted by Crippen LogP contribution is -2.45. The van der Waals surface area contributed by atoms with E-state index >= 15 is 4.39 Å². The Kier molecular flexibility index (Phi) is 7.52. The van der Waals surface area contributed by atoms with Gasteiger partial charge in [0.2, 0.25) is 11.8 Å². The van der Waals surface area contributed by atoms with Gasteiger partial charge in [-0.1, -0.05) is 38.1 Å². The summed E-state index contributed by atoms with van der Waals surface area (Å²) >= 11 is 0. The summed E-state index contributed by atoms with van der Waals surface area (Å²) in [6, 6.07) is 16.0. The lowest BCUT2D eigenvalue weighted by atomic mass is 9.97. The fraction of sp³-hybridized carbons (Fsp3) is 0.368. The number of halogens is 1. The Morgan fingerprint density at radius 1 is 0.960 bits per heavy atom. The zero-order valence-electron chi connectivity index (χ0n) is 28.4. The fourth-order valence-electron chi connectivity index (χ4n) is 6.81. The molecule has 0 spiro atoms. The second-order valence-electron chi connectivity index (χ2n) is 14.7. The smallest absolute Gasteiger partial charge is 0.264 e. The normalized spacial score (nSPS) is 20.2. The summed E-state index contributed by atoms with van der Waals surface area (Å²) in [5.74, 6) is -0.291. The standard InChI is InChI=1S/C38H38FN5O5S/c1-22-7-5-8-23(2)34(22)29-18-33-42-36(41-29)43-50(46,47)26-10-6-9-24(15-26)35(45)44(25(21-48-33)19-37(3)11-12-37)20-30-27(39)16-31-28(40-30)17-32(49-31)38(4)13-14-38/h5-10,15-18,25H,11-14,19-21H2,1-4H3,(H,41,42,43)/t25-/m1/s1. The van der Waals surface area contributed by atoms with E-state index in [0.717, 1.165) is 48.1 Å². The van der Waals surface area contributed by atoms with Crippen LogP contribution in [0.3, 0.4) is 0 Å². The predicted octanol–water partition coefficient (Wildman–Crippen LogP) is 7.49. The second-order valence-corrected chi connectivity index (χ2v) is 16.4. The number of rotatable bonds is 6. The molecule has 3 aliphatic rings. The highest BCUT2D eigenvalue weighted by Crippen LogP contribution is 2.50. The molecule has 0 saturated heterocycles. The summed E-state index contributed by atoms with van der Waals surface area (Å²) in [5.41, 5.74) is 4.23. The van der Waals surface area contributed by atoms with Crippen molar-refractivity contribution in [2.75, 3.05) is 11.3 Å². The number of hydrogen-bond donors (Lipinski definition) is 1. The van der Waals surface area contributed by atoms with E-state index in [4.69, 9.17) is 9.15 Å². The first-order chi connectivity index (χ1) is 23.8. The van der Waals surface area contributed by atoms with E-state index in [0.29, 0.717) is 23.2 Å². The third-order valence-electron chi connectivity index (χ3n) is 10.5. The van der Waals surface area contributed by atoms with Crippen molar-refractivity contribution in [2.45, 2.75) is 82.7 Å². The number of carbonyl (C=O) groups is 1. The fourth-order valence-corrected chi connectivity index (χ4v) is 7.80. The highest BCUT2D eigenvalue weighted by atomic mass is 32.2. The number of aromatic nitrogens is 3. The van der Waals surface area contributed by atoms with E-state index in [1.54, 1.807) is 17.0 Å². The van der Waals surface area contributed by atoms with E-state index < -0.39 is 27.8 Å². The molecular formula is C38H38FN5O5S. The first kappa shape index (κ1) is 32.4. The zero-order valence-corrected chi connectivity index (χ0v) is 29.2. The number of benzene rings is 2. The molecule has 2 aliphatic carbocycles. The Morgan fingerprint density at radius 3 is 2.42 bits per heavy atom. The average Bonchev–Trinajstić information content (AvgIpc) is 3.96. The number of pyridine rings is 1. The van der Waals surface area contributed by atoms with Crippen LogP contribution in [0.15, 0.2) is 70.0 Å². The van der Waals surface area contributed by atoms with Crippen molar-refractivity contribution in [3.05, 3.63) is 94.6 Å². The topological polar surface area (TPSA) is 128 Å². The molecule has 3 aromatic heterocycles. The molecule has 8 rings (SSSR count). The number of hydrogen-bond acceptors (Lipinski definition) is 8. The van der Waals surface area contributed by atoms with Crippen molar-refractivity contribution in [1.29, 1.82) is 0 Å². The van der Waals surface area contributed by atoms with Gasteiger partial charge >= 0.3 is 0 Å². The van der Waals surface area contributed by atoms with Gasteiger partial charge in [-0.25, -0.2) is 27.5 Å². The second kappa shape index (κ2) is 11.6. The van der Waals surface area contributed by atoms with Crippen LogP contribution in [-0.4, -0.2) is 46.8 Å². The molecule has 4 heterocycles. The van der Waals surface area contributed by atoms with Crippen molar-refractivity contribution in [1.82, 2.24) is 19.9 Å². The Hall–Kier alpha value is -4.84. The number of ether oxygens (including phenoxy) is 1. The van der Waals surface area contributed by atoms with E-state index in [9.17, 15) is 13.2 Å². The molecular weight excluding hydrogens is 658 g/mol. The summed E-state index contributed by atoms with van der Waals surface area (Å²) in [5, 5.41) is 0. The van der Waals surface area contributed by atoms with Crippen molar-refractivity contribution < 1.29 is 26.8 Å². The van der Waals surface area contributed by atoms with Crippen LogP contribution in [0.4, 0.5) is 10.3 Å². The lowest BCUT2D eigenvalue weighted by molar-refractivity contribution is 0.0534. The largest absolute Gasteiger partial charge is 0.475 e. The maximum atomic E-state index is 15.8. The third kappa shape index (κ3) is 6.10. The maximum Gasteiger partial charge on any atom is 0.264 e. The maximum absolute atomic E-state index is 15.8. The van der Waals surface area contributed by atoms with Gasteiger partial charge in [-0.3, -0.25) is 4.79 Å². The third-order valence-corrected chi connectivity index (χ3v) is 11.8. The van der Waals surface area contributed by atoms with Gasteiger partial charge in [-0.2, -0.15) is 4.98 Å². The van der Waals surface area contributed by atoms with E-state index in [1.807, 2.05) is 38.1 Å². The molecule has 4 bridgehead atoms. The molecule has 0 radical (unpaired) electrons. The summed E-state index contributed by atoms with van der Waals surface area (Å²) in [4.78, 5) is 29.7. The minimum Gasteiger partial charge on any atom is -0.475 e. The number of furan rings is 1. The molecule has 2 fully saturated rings. The monoisotopic (exact) mass is 695 g/mol. The van der Waals surface area contributed by atoms with Gasteiger partial charge in [0.1, 0.15) is 23.7 Å². The number of amides is 1. The molecule has 50 heavy (non-hydrogen) atoms.